The number of anilines is 1. The van der Waals surface area contributed by atoms with Crippen LogP contribution < -0.4 is 10.6 Å². The lowest BCUT2D eigenvalue weighted by molar-refractivity contribution is 0.292. The lowest BCUT2D eigenvalue weighted by atomic mass is 9.84. The van der Waals surface area contributed by atoms with Gasteiger partial charge in [-0.15, -0.1) is 0 Å². The van der Waals surface area contributed by atoms with Crippen molar-refractivity contribution in [3.05, 3.63) is 23.9 Å². The molecule has 0 aliphatic carbocycles. The van der Waals surface area contributed by atoms with Crippen LogP contribution in [-0.2, 0) is 0 Å². The van der Waals surface area contributed by atoms with Crippen LogP contribution in [0.15, 0.2) is 23.5 Å². The second-order valence-corrected chi connectivity index (χ2v) is 5.55. The molecule has 0 saturated carbocycles. The normalized spacial score (nSPS) is 19.9. The molecule has 2 rings (SSSR count). The fraction of sp³-hybridized carbons (Fsp3) is 0.538. The van der Waals surface area contributed by atoms with Crippen LogP contribution in [0.2, 0.25) is 0 Å². The molecule has 98 valence electrons. The van der Waals surface area contributed by atoms with E-state index in [1.54, 1.807) is 12.3 Å². The molecule has 5 nitrogen and oxygen atoms in total. The summed E-state index contributed by atoms with van der Waals surface area (Å²) in [4.78, 5) is 6.61. The maximum Gasteiger partial charge on any atom is 0.173 e. The Morgan fingerprint density at radius 3 is 3.00 bits per heavy atom. The Bertz CT molecular complexity index is 456. The first kappa shape index (κ1) is 12.7. The molecule has 0 amide bonds. The summed E-state index contributed by atoms with van der Waals surface area (Å²) in [5, 5.41) is 11.9. The molecular weight excluding hydrogens is 228 g/mol. The number of nitrogens with two attached hydrogens (primary N) is 1. The van der Waals surface area contributed by atoms with E-state index in [9.17, 15) is 0 Å². The van der Waals surface area contributed by atoms with Crippen molar-refractivity contribution in [2.45, 2.75) is 26.7 Å². The van der Waals surface area contributed by atoms with Gasteiger partial charge in [0, 0.05) is 19.3 Å². The fourth-order valence-corrected chi connectivity index (χ4v) is 2.51. The Morgan fingerprint density at radius 2 is 2.33 bits per heavy atom. The molecule has 1 aliphatic rings. The zero-order valence-electron chi connectivity index (χ0n) is 10.9. The Kier molecular flexibility index (Phi) is 3.41. The molecule has 18 heavy (non-hydrogen) atoms. The van der Waals surface area contributed by atoms with Gasteiger partial charge in [-0.05, 0) is 30.4 Å². The monoisotopic (exact) mass is 248 g/mol. The van der Waals surface area contributed by atoms with Crippen LogP contribution in [0.3, 0.4) is 0 Å². The third-order valence-electron chi connectivity index (χ3n) is 3.37. The van der Waals surface area contributed by atoms with E-state index in [1.807, 2.05) is 6.07 Å². The van der Waals surface area contributed by atoms with Crippen molar-refractivity contribution in [1.29, 1.82) is 0 Å². The van der Waals surface area contributed by atoms with Crippen LogP contribution in [-0.4, -0.2) is 29.1 Å². The zero-order chi connectivity index (χ0) is 13.2. The summed E-state index contributed by atoms with van der Waals surface area (Å²) in [6.45, 7) is 6.42. The first-order valence-corrected chi connectivity index (χ1v) is 6.21. The van der Waals surface area contributed by atoms with Crippen molar-refractivity contribution >= 4 is 11.7 Å². The molecule has 0 radical (unpaired) electrons. The highest BCUT2D eigenvalue weighted by Gasteiger charge is 2.28. The molecule has 0 aromatic carbocycles. The zero-order valence-corrected chi connectivity index (χ0v) is 10.9. The standard InChI is InChI=1S/C13H20N4O/c1-13(2)6-4-8-17(9-13)12-10(11(14)16-18)5-3-7-15-12/h3,5,7,18H,4,6,8-9H2,1-2H3,(H2,14,16). The van der Waals surface area contributed by atoms with Crippen molar-refractivity contribution in [2.24, 2.45) is 16.3 Å². The third kappa shape index (κ3) is 2.55. The van der Waals surface area contributed by atoms with Gasteiger partial charge in [0.1, 0.15) is 5.82 Å². The third-order valence-corrected chi connectivity index (χ3v) is 3.37. The number of oxime groups is 1. The van der Waals surface area contributed by atoms with Gasteiger partial charge < -0.3 is 15.8 Å². The lowest BCUT2D eigenvalue weighted by Crippen LogP contribution is -2.41. The van der Waals surface area contributed by atoms with E-state index in [4.69, 9.17) is 10.9 Å². The maximum absolute atomic E-state index is 8.83. The number of hydrogen-bond acceptors (Lipinski definition) is 4. The van der Waals surface area contributed by atoms with Crippen LogP contribution in [0.25, 0.3) is 0 Å². The van der Waals surface area contributed by atoms with Gasteiger partial charge in [0.2, 0.25) is 0 Å². The van der Waals surface area contributed by atoms with Crippen LogP contribution in [0, 0.1) is 5.41 Å². The number of pyridine rings is 1. The average Bonchev–Trinajstić information content (AvgIpc) is 2.36. The Balaban J connectivity index is 2.33. The number of aromatic nitrogens is 1. The SMILES string of the molecule is CC1(C)CCCN(c2ncccc2/C(N)=N/O)C1. The highest BCUT2D eigenvalue weighted by atomic mass is 16.4. The van der Waals surface area contributed by atoms with Gasteiger partial charge in [-0.2, -0.15) is 0 Å². The highest BCUT2D eigenvalue weighted by molar-refractivity contribution is 6.01. The number of amidine groups is 1. The van der Waals surface area contributed by atoms with Crippen molar-refractivity contribution in [2.75, 3.05) is 18.0 Å². The minimum absolute atomic E-state index is 0.112. The summed E-state index contributed by atoms with van der Waals surface area (Å²) < 4.78 is 0. The van der Waals surface area contributed by atoms with Crippen LogP contribution in [0.1, 0.15) is 32.3 Å². The fourth-order valence-electron chi connectivity index (χ4n) is 2.51. The molecule has 0 bridgehead atoms. The van der Waals surface area contributed by atoms with Gasteiger partial charge in [0.15, 0.2) is 5.84 Å². The predicted molar refractivity (Wildman–Crippen MR) is 72.0 cm³/mol. The van der Waals surface area contributed by atoms with Gasteiger partial charge in [-0.3, -0.25) is 0 Å². The van der Waals surface area contributed by atoms with Crippen molar-refractivity contribution in [3.63, 3.8) is 0 Å². The first-order chi connectivity index (χ1) is 8.53. The Hall–Kier alpha value is -1.78. The lowest BCUT2D eigenvalue weighted by Gasteiger charge is -2.39. The topological polar surface area (TPSA) is 74.7 Å². The van der Waals surface area contributed by atoms with E-state index in [-0.39, 0.29) is 11.3 Å². The van der Waals surface area contributed by atoms with E-state index >= 15 is 0 Å². The second-order valence-electron chi connectivity index (χ2n) is 5.55. The van der Waals surface area contributed by atoms with E-state index in [1.165, 1.54) is 6.42 Å². The molecular formula is C13H20N4O. The average molecular weight is 248 g/mol. The van der Waals surface area contributed by atoms with Crippen LogP contribution in [0.5, 0.6) is 0 Å². The summed E-state index contributed by atoms with van der Waals surface area (Å²) in [5.74, 6) is 0.919. The molecule has 1 aliphatic heterocycles. The van der Waals surface area contributed by atoms with E-state index in [0.717, 1.165) is 25.3 Å². The second kappa shape index (κ2) is 4.84. The molecule has 0 spiro atoms. The van der Waals surface area contributed by atoms with Gasteiger partial charge in [-0.1, -0.05) is 19.0 Å². The van der Waals surface area contributed by atoms with Gasteiger partial charge >= 0.3 is 0 Å². The van der Waals surface area contributed by atoms with Crippen LogP contribution >= 0.6 is 0 Å². The summed E-state index contributed by atoms with van der Waals surface area (Å²) in [5.41, 5.74) is 6.67. The van der Waals surface area contributed by atoms with E-state index < -0.39 is 0 Å². The smallest absolute Gasteiger partial charge is 0.173 e. The molecule has 2 heterocycles. The summed E-state index contributed by atoms with van der Waals surface area (Å²) in [7, 11) is 0. The predicted octanol–water partition coefficient (Wildman–Crippen LogP) is 1.80. The van der Waals surface area contributed by atoms with Gasteiger partial charge in [0.05, 0.1) is 5.56 Å². The molecule has 0 atom stereocenters. The van der Waals surface area contributed by atoms with E-state index in [0.29, 0.717) is 5.56 Å². The van der Waals surface area contributed by atoms with Crippen molar-refractivity contribution in [1.82, 2.24) is 4.98 Å². The quantitative estimate of drug-likeness (QED) is 0.362. The van der Waals surface area contributed by atoms with Crippen molar-refractivity contribution < 1.29 is 5.21 Å². The molecule has 1 saturated heterocycles. The number of piperidine rings is 1. The Morgan fingerprint density at radius 1 is 1.56 bits per heavy atom. The largest absolute Gasteiger partial charge is 0.409 e. The minimum atomic E-state index is 0.112. The number of hydrogen-bond donors (Lipinski definition) is 2. The van der Waals surface area contributed by atoms with Crippen molar-refractivity contribution in [3.8, 4) is 0 Å². The van der Waals surface area contributed by atoms with E-state index in [2.05, 4.69) is 28.9 Å². The summed E-state index contributed by atoms with van der Waals surface area (Å²) in [6, 6.07) is 3.63. The molecule has 5 heteroatoms. The first-order valence-electron chi connectivity index (χ1n) is 6.21. The molecule has 3 N–H and O–H groups in total. The Labute approximate surface area is 107 Å². The maximum atomic E-state index is 8.83. The summed E-state index contributed by atoms with van der Waals surface area (Å²) in [6.07, 6.45) is 4.10. The molecule has 1 fully saturated rings. The van der Waals surface area contributed by atoms with Gasteiger partial charge in [-0.25, -0.2) is 4.98 Å². The van der Waals surface area contributed by atoms with Crippen LogP contribution in [0.4, 0.5) is 5.82 Å². The molecule has 0 unspecified atom stereocenters. The molecule has 1 aromatic rings. The van der Waals surface area contributed by atoms with Gasteiger partial charge in [0.25, 0.3) is 0 Å². The number of rotatable bonds is 2. The minimum Gasteiger partial charge on any atom is -0.409 e. The number of nitrogens with zero attached hydrogens (tertiary/aromatic N) is 3. The highest BCUT2D eigenvalue weighted by Crippen LogP contribution is 2.31. The molecule has 1 aromatic heterocycles. The summed E-state index contributed by atoms with van der Waals surface area (Å²) >= 11 is 0.